The monoisotopic (exact) mass is 389 g/mol. The summed E-state index contributed by atoms with van der Waals surface area (Å²) in [6.07, 6.45) is 4.49. The van der Waals surface area contributed by atoms with Crippen molar-refractivity contribution in [3.63, 3.8) is 0 Å². The van der Waals surface area contributed by atoms with Crippen molar-refractivity contribution >= 4 is 5.82 Å². The molecule has 0 bridgehead atoms. The number of fused-ring (bicyclic) bond motifs is 1. The molecule has 2 saturated carbocycles. The van der Waals surface area contributed by atoms with Crippen molar-refractivity contribution in [2.45, 2.75) is 37.8 Å². The summed E-state index contributed by atoms with van der Waals surface area (Å²) in [6.45, 7) is 4.75. The first kappa shape index (κ1) is 18.0. The van der Waals surface area contributed by atoms with Crippen LogP contribution >= 0.6 is 0 Å². The molecule has 2 saturated heterocycles. The number of rotatable bonds is 4. The number of hydrogen-bond donors (Lipinski definition) is 1. The van der Waals surface area contributed by atoms with Crippen LogP contribution in [0.25, 0.3) is 11.3 Å². The van der Waals surface area contributed by atoms with Gasteiger partial charge in [0.15, 0.2) is 0 Å². The molecule has 2 aromatic rings. The first-order chi connectivity index (χ1) is 13.6. The van der Waals surface area contributed by atoms with Gasteiger partial charge in [0.1, 0.15) is 5.82 Å². The molecule has 0 amide bonds. The number of nitrogens with zero attached hydrogens (tertiary/aromatic N) is 4. The predicted molar refractivity (Wildman–Crippen MR) is 101 cm³/mol. The van der Waals surface area contributed by atoms with Gasteiger partial charge in [0.05, 0.1) is 36.6 Å². The number of aromatic nitrogens is 3. The number of piperidine rings is 1. The van der Waals surface area contributed by atoms with Gasteiger partial charge in [-0.3, -0.25) is 9.58 Å². The van der Waals surface area contributed by atoms with Crippen LogP contribution in [0.15, 0.2) is 24.5 Å². The molecule has 0 aromatic carbocycles. The summed E-state index contributed by atoms with van der Waals surface area (Å²) >= 11 is 0. The van der Waals surface area contributed by atoms with Crippen LogP contribution in [-0.4, -0.2) is 52.0 Å². The summed E-state index contributed by atoms with van der Waals surface area (Å²) in [5, 5.41) is 4.36. The molecule has 6 rings (SSSR count). The molecular formula is C20H25F2N5O. The molecule has 2 aromatic heterocycles. The lowest BCUT2D eigenvalue weighted by molar-refractivity contribution is -0.0605. The minimum absolute atomic E-state index is 0.129. The minimum Gasteiger partial charge on any atom is -0.383 e. The molecule has 2 aliphatic heterocycles. The standard InChI is InChI=1S/C12H12F2N4.C8H13NO/c13-11(14)9-5-7(6-16-12(9)15)10-3-4-18(17-10)8-1-2-8;1-6-2-9(3-7(1)6)8-4-10-5-8/h3-6,8,11H,1-2H2,(H2,15,16);6-8H,1-5H2. The fourth-order valence-electron chi connectivity index (χ4n) is 4.01. The molecule has 2 unspecified atom stereocenters. The lowest BCUT2D eigenvalue weighted by Crippen LogP contribution is -2.48. The molecule has 4 fully saturated rings. The Bertz CT molecular complexity index is 839. The van der Waals surface area contributed by atoms with E-state index in [4.69, 9.17) is 10.5 Å². The second-order valence-corrected chi connectivity index (χ2v) is 8.31. The Morgan fingerprint density at radius 3 is 2.50 bits per heavy atom. The molecule has 0 radical (unpaired) electrons. The van der Waals surface area contributed by atoms with E-state index in [9.17, 15) is 8.78 Å². The summed E-state index contributed by atoms with van der Waals surface area (Å²) < 4.78 is 32.5. The number of ether oxygens (including phenoxy) is 1. The van der Waals surface area contributed by atoms with E-state index in [0.717, 1.165) is 43.9 Å². The zero-order valence-corrected chi connectivity index (χ0v) is 15.7. The van der Waals surface area contributed by atoms with Crippen LogP contribution in [0.4, 0.5) is 14.6 Å². The van der Waals surface area contributed by atoms with Crippen LogP contribution in [-0.2, 0) is 4.74 Å². The third kappa shape index (κ3) is 3.63. The maximum absolute atomic E-state index is 12.7. The van der Waals surface area contributed by atoms with Gasteiger partial charge in [-0.1, -0.05) is 0 Å². The number of nitrogens with two attached hydrogens (primary N) is 1. The zero-order valence-electron chi connectivity index (χ0n) is 15.7. The highest BCUT2D eigenvalue weighted by Crippen LogP contribution is 2.45. The van der Waals surface area contributed by atoms with Crippen molar-refractivity contribution in [2.75, 3.05) is 32.0 Å². The Morgan fingerprint density at radius 1 is 1.14 bits per heavy atom. The number of hydrogen-bond acceptors (Lipinski definition) is 5. The molecule has 2 aliphatic carbocycles. The summed E-state index contributed by atoms with van der Waals surface area (Å²) in [7, 11) is 0. The number of likely N-dealkylation sites (tertiary alicyclic amines) is 1. The van der Waals surface area contributed by atoms with Crippen molar-refractivity contribution in [3.8, 4) is 11.3 Å². The first-order valence-electron chi connectivity index (χ1n) is 9.99. The van der Waals surface area contributed by atoms with Crippen molar-refractivity contribution in [2.24, 2.45) is 11.8 Å². The van der Waals surface area contributed by atoms with Gasteiger partial charge in [-0.25, -0.2) is 13.8 Å². The van der Waals surface area contributed by atoms with Gasteiger partial charge in [0, 0.05) is 31.0 Å². The SMILES string of the molecule is C1C2CN(C3COC3)CC12.Nc1ncc(-c2ccn(C3CC3)n2)cc1C(F)F. The number of pyridine rings is 1. The first-order valence-corrected chi connectivity index (χ1v) is 9.99. The Kier molecular flexibility index (Phi) is 4.55. The maximum Gasteiger partial charge on any atom is 0.267 e. The Morgan fingerprint density at radius 2 is 1.89 bits per heavy atom. The van der Waals surface area contributed by atoms with Gasteiger partial charge in [0.25, 0.3) is 6.43 Å². The van der Waals surface area contributed by atoms with E-state index in [2.05, 4.69) is 15.0 Å². The molecular weight excluding hydrogens is 364 g/mol. The number of alkyl halides is 2. The Balaban J connectivity index is 0.000000142. The van der Waals surface area contributed by atoms with E-state index in [0.29, 0.717) is 17.3 Å². The molecule has 8 heteroatoms. The third-order valence-electron chi connectivity index (χ3n) is 6.15. The van der Waals surface area contributed by atoms with Crippen molar-refractivity contribution in [1.29, 1.82) is 0 Å². The summed E-state index contributed by atoms with van der Waals surface area (Å²) in [6, 6.07) is 4.43. The maximum atomic E-state index is 12.7. The van der Waals surface area contributed by atoms with Crippen molar-refractivity contribution < 1.29 is 13.5 Å². The lowest BCUT2D eigenvalue weighted by atomic mass is 10.1. The highest BCUT2D eigenvalue weighted by atomic mass is 19.3. The molecule has 150 valence electrons. The normalized spacial score (nSPS) is 26.5. The van der Waals surface area contributed by atoms with Crippen LogP contribution in [0, 0.1) is 11.8 Å². The molecule has 4 aliphatic rings. The highest BCUT2D eigenvalue weighted by molar-refractivity contribution is 5.61. The summed E-state index contributed by atoms with van der Waals surface area (Å²) in [4.78, 5) is 6.41. The van der Waals surface area contributed by atoms with Gasteiger partial charge >= 0.3 is 0 Å². The van der Waals surface area contributed by atoms with Crippen LogP contribution in [0.3, 0.4) is 0 Å². The van der Waals surface area contributed by atoms with Gasteiger partial charge < -0.3 is 10.5 Å². The average molecular weight is 389 g/mol. The van der Waals surface area contributed by atoms with E-state index in [1.54, 1.807) is 6.07 Å². The Labute approximate surface area is 162 Å². The van der Waals surface area contributed by atoms with E-state index in [-0.39, 0.29) is 11.4 Å². The fraction of sp³-hybridized carbons (Fsp3) is 0.600. The number of anilines is 1. The van der Waals surface area contributed by atoms with E-state index in [1.165, 1.54) is 31.8 Å². The highest BCUT2D eigenvalue weighted by Gasteiger charge is 2.47. The zero-order chi connectivity index (χ0) is 19.3. The molecule has 2 N–H and O–H groups in total. The second-order valence-electron chi connectivity index (χ2n) is 8.31. The topological polar surface area (TPSA) is 69.2 Å². The molecule has 6 nitrogen and oxygen atoms in total. The van der Waals surface area contributed by atoms with Gasteiger partial charge in [0.2, 0.25) is 0 Å². The fourth-order valence-corrected chi connectivity index (χ4v) is 4.01. The van der Waals surface area contributed by atoms with E-state index in [1.807, 2.05) is 10.9 Å². The van der Waals surface area contributed by atoms with Crippen LogP contribution < -0.4 is 5.73 Å². The van der Waals surface area contributed by atoms with Crippen molar-refractivity contribution in [3.05, 3.63) is 30.1 Å². The third-order valence-corrected chi connectivity index (χ3v) is 6.15. The van der Waals surface area contributed by atoms with Gasteiger partial charge in [-0.05, 0) is 43.2 Å². The number of halogens is 2. The molecule has 28 heavy (non-hydrogen) atoms. The molecule has 4 heterocycles. The second kappa shape index (κ2) is 7.08. The lowest BCUT2D eigenvalue weighted by Gasteiger charge is -2.35. The smallest absolute Gasteiger partial charge is 0.267 e. The molecule has 2 atom stereocenters. The quantitative estimate of drug-likeness (QED) is 0.870. The predicted octanol–water partition coefficient (Wildman–Crippen LogP) is 3.14. The van der Waals surface area contributed by atoms with Gasteiger partial charge in [-0.15, -0.1) is 0 Å². The minimum atomic E-state index is -2.62. The summed E-state index contributed by atoms with van der Waals surface area (Å²) in [5.41, 5.74) is 6.39. The van der Waals surface area contributed by atoms with E-state index >= 15 is 0 Å². The molecule has 0 spiro atoms. The number of nitrogen functional groups attached to an aromatic ring is 1. The van der Waals surface area contributed by atoms with Crippen molar-refractivity contribution in [1.82, 2.24) is 19.7 Å². The van der Waals surface area contributed by atoms with Crippen LogP contribution in [0.2, 0.25) is 0 Å². The van der Waals surface area contributed by atoms with E-state index < -0.39 is 6.43 Å². The van der Waals surface area contributed by atoms with Gasteiger partial charge in [-0.2, -0.15) is 5.10 Å². The van der Waals surface area contributed by atoms with Crippen LogP contribution in [0.5, 0.6) is 0 Å². The Hall–Kier alpha value is -2.06. The van der Waals surface area contributed by atoms with Crippen LogP contribution in [0.1, 0.15) is 37.3 Å². The summed E-state index contributed by atoms with van der Waals surface area (Å²) in [5.74, 6) is 2.04. The average Bonchev–Trinajstić information content (AvgIpc) is 3.53. The largest absolute Gasteiger partial charge is 0.383 e.